The minimum atomic E-state index is -0.808. The van der Waals surface area contributed by atoms with Crippen LogP contribution in [0.5, 0.6) is 5.75 Å². The Morgan fingerprint density at radius 3 is 2.62 bits per heavy atom. The van der Waals surface area contributed by atoms with E-state index in [2.05, 4.69) is 10.6 Å². The van der Waals surface area contributed by atoms with E-state index in [4.69, 9.17) is 13.9 Å². The van der Waals surface area contributed by atoms with Crippen molar-refractivity contribution in [2.75, 3.05) is 6.61 Å². The van der Waals surface area contributed by atoms with E-state index in [9.17, 15) is 14.4 Å². The molecule has 8 heteroatoms. The highest BCUT2D eigenvalue weighted by atomic mass is 16.6. The predicted molar refractivity (Wildman–Crippen MR) is 92.8 cm³/mol. The molecular formula is C18H26N2O6. The van der Waals surface area contributed by atoms with Crippen LogP contribution in [-0.4, -0.2) is 42.6 Å². The minimum absolute atomic E-state index is 0.0159. The van der Waals surface area contributed by atoms with Gasteiger partial charge in [-0.2, -0.15) is 0 Å². The number of ketones is 1. The molecule has 0 bridgehead atoms. The van der Waals surface area contributed by atoms with Crippen molar-refractivity contribution in [1.82, 2.24) is 10.6 Å². The summed E-state index contributed by atoms with van der Waals surface area (Å²) in [6, 6.07) is 0.0182. The predicted octanol–water partition coefficient (Wildman–Crippen LogP) is 1.95. The number of hydrogen-bond donors (Lipinski definition) is 2. The largest absolute Gasteiger partial charge is 0.466 e. The fourth-order valence-electron chi connectivity index (χ4n) is 2.63. The first-order valence-electron chi connectivity index (χ1n) is 8.75. The third-order valence-electron chi connectivity index (χ3n) is 4.26. The van der Waals surface area contributed by atoms with Gasteiger partial charge in [0.2, 0.25) is 5.91 Å². The summed E-state index contributed by atoms with van der Waals surface area (Å²) in [5.74, 6) is 0.506. The number of hydrogen-bond acceptors (Lipinski definition) is 6. The molecule has 1 aromatic heterocycles. The van der Waals surface area contributed by atoms with Crippen LogP contribution in [0, 0.1) is 12.8 Å². The Balaban J connectivity index is 1.99. The molecule has 0 saturated carbocycles. The second-order valence-corrected chi connectivity index (χ2v) is 6.87. The lowest BCUT2D eigenvalue weighted by Crippen LogP contribution is -2.53. The Kier molecular flexibility index (Phi) is 6.79. The number of furan rings is 1. The van der Waals surface area contributed by atoms with E-state index in [0.717, 1.165) is 6.42 Å². The van der Waals surface area contributed by atoms with E-state index in [1.165, 1.54) is 12.3 Å². The molecule has 1 saturated heterocycles. The molecule has 0 spiro atoms. The van der Waals surface area contributed by atoms with Gasteiger partial charge >= 0.3 is 6.09 Å². The Morgan fingerprint density at radius 1 is 1.35 bits per heavy atom. The van der Waals surface area contributed by atoms with Crippen molar-refractivity contribution >= 4 is 17.8 Å². The van der Waals surface area contributed by atoms with Gasteiger partial charge in [-0.15, -0.1) is 0 Å². The molecule has 2 N–H and O–H groups in total. The highest BCUT2D eigenvalue weighted by Crippen LogP contribution is 2.18. The number of rotatable bonds is 7. The molecule has 0 aliphatic carbocycles. The van der Waals surface area contributed by atoms with Crippen LogP contribution in [0.2, 0.25) is 0 Å². The molecular weight excluding hydrogens is 340 g/mol. The van der Waals surface area contributed by atoms with Gasteiger partial charge in [0, 0.05) is 6.07 Å². The van der Waals surface area contributed by atoms with E-state index in [-0.39, 0.29) is 12.4 Å². The standard InChI is InChI=1S/C18H26N2O6/c1-10(2)5-6-13(17(22)20-16-12(4)25-9-14(16)21)19-18(23)26-15-7-8-24-11(15)3/h7-8,10,12-13,16H,5-6,9H2,1-4H3,(H,19,23)(H,20,22)/t12-,13-,16-/m0/s1. The van der Waals surface area contributed by atoms with Crippen molar-refractivity contribution in [2.24, 2.45) is 5.92 Å². The van der Waals surface area contributed by atoms with Crippen molar-refractivity contribution < 1.29 is 28.3 Å². The van der Waals surface area contributed by atoms with E-state index in [1.54, 1.807) is 13.8 Å². The van der Waals surface area contributed by atoms with Crippen LogP contribution < -0.4 is 15.4 Å². The first-order valence-corrected chi connectivity index (χ1v) is 8.75. The van der Waals surface area contributed by atoms with Gasteiger partial charge in [0.05, 0.1) is 12.4 Å². The van der Waals surface area contributed by atoms with Crippen molar-refractivity contribution in [3.63, 3.8) is 0 Å². The van der Waals surface area contributed by atoms with Crippen molar-refractivity contribution in [3.05, 3.63) is 18.1 Å². The summed E-state index contributed by atoms with van der Waals surface area (Å²) >= 11 is 0. The third kappa shape index (κ3) is 5.32. The third-order valence-corrected chi connectivity index (χ3v) is 4.26. The average molecular weight is 366 g/mol. The summed E-state index contributed by atoms with van der Waals surface area (Å²) < 4.78 is 15.5. The molecule has 1 aliphatic heterocycles. The number of carbonyl (C=O) groups is 3. The zero-order valence-electron chi connectivity index (χ0n) is 15.5. The van der Waals surface area contributed by atoms with Crippen LogP contribution in [-0.2, 0) is 14.3 Å². The number of Topliss-reactive ketones (excluding diaryl/α,β-unsaturated/α-hetero) is 1. The van der Waals surface area contributed by atoms with Crippen molar-refractivity contribution in [2.45, 2.75) is 58.7 Å². The summed E-state index contributed by atoms with van der Waals surface area (Å²) in [6.45, 7) is 7.43. The topological polar surface area (TPSA) is 107 Å². The fraction of sp³-hybridized carbons (Fsp3) is 0.611. The van der Waals surface area contributed by atoms with Crippen LogP contribution in [0.25, 0.3) is 0 Å². The lowest BCUT2D eigenvalue weighted by atomic mass is 10.0. The summed E-state index contributed by atoms with van der Waals surface area (Å²) in [5.41, 5.74) is 0. The number of amides is 2. The smallest absolute Gasteiger partial charge is 0.413 e. The zero-order valence-corrected chi connectivity index (χ0v) is 15.5. The first kappa shape index (κ1) is 20.0. The van der Waals surface area contributed by atoms with Crippen molar-refractivity contribution in [3.8, 4) is 5.75 Å². The van der Waals surface area contributed by atoms with E-state index in [1.807, 2.05) is 13.8 Å². The zero-order chi connectivity index (χ0) is 19.3. The Hall–Kier alpha value is -2.35. The summed E-state index contributed by atoms with van der Waals surface area (Å²) in [5, 5.41) is 5.25. The molecule has 2 rings (SSSR count). The number of ether oxygens (including phenoxy) is 2. The average Bonchev–Trinajstić information content (AvgIpc) is 3.11. The molecule has 1 aromatic rings. The van der Waals surface area contributed by atoms with Crippen LogP contribution in [0.3, 0.4) is 0 Å². The Morgan fingerprint density at radius 2 is 2.08 bits per heavy atom. The van der Waals surface area contributed by atoms with Gasteiger partial charge in [-0.05, 0) is 32.6 Å². The molecule has 0 aromatic carbocycles. The van der Waals surface area contributed by atoms with Gasteiger partial charge in [-0.1, -0.05) is 13.8 Å². The number of aryl methyl sites for hydroxylation is 1. The normalized spacial score (nSPS) is 20.9. The van der Waals surface area contributed by atoms with Gasteiger partial charge in [0.15, 0.2) is 11.5 Å². The molecule has 2 amide bonds. The first-order chi connectivity index (χ1) is 12.3. The summed E-state index contributed by atoms with van der Waals surface area (Å²) in [7, 11) is 0. The maximum atomic E-state index is 12.6. The summed E-state index contributed by atoms with van der Waals surface area (Å²) in [6.07, 6.45) is 1.43. The Labute approximate surface area is 152 Å². The highest BCUT2D eigenvalue weighted by Gasteiger charge is 2.35. The molecule has 8 nitrogen and oxygen atoms in total. The van der Waals surface area contributed by atoms with Gasteiger partial charge in [-0.3, -0.25) is 9.59 Å². The maximum absolute atomic E-state index is 12.6. The maximum Gasteiger partial charge on any atom is 0.413 e. The van der Waals surface area contributed by atoms with Gasteiger partial charge in [0.1, 0.15) is 24.5 Å². The molecule has 1 aliphatic rings. The molecule has 3 atom stereocenters. The van der Waals surface area contributed by atoms with Crippen LogP contribution in [0.15, 0.2) is 16.7 Å². The van der Waals surface area contributed by atoms with E-state index >= 15 is 0 Å². The lowest BCUT2D eigenvalue weighted by molar-refractivity contribution is -0.127. The molecule has 144 valence electrons. The Bertz CT molecular complexity index is 654. The van der Waals surface area contributed by atoms with Crippen molar-refractivity contribution in [1.29, 1.82) is 0 Å². The van der Waals surface area contributed by atoms with Crippen LogP contribution in [0.1, 0.15) is 39.4 Å². The number of nitrogens with one attached hydrogen (secondary N) is 2. The second-order valence-electron chi connectivity index (χ2n) is 6.87. The minimum Gasteiger partial charge on any atom is -0.466 e. The monoisotopic (exact) mass is 366 g/mol. The lowest BCUT2D eigenvalue weighted by Gasteiger charge is -2.22. The molecule has 0 unspecified atom stereocenters. The van der Waals surface area contributed by atoms with E-state index < -0.39 is 30.2 Å². The quantitative estimate of drug-likeness (QED) is 0.764. The molecule has 0 radical (unpaired) electrons. The van der Waals surface area contributed by atoms with E-state index in [0.29, 0.717) is 23.8 Å². The highest BCUT2D eigenvalue weighted by molar-refractivity contribution is 5.94. The van der Waals surface area contributed by atoms with Gasteiger partial charge in [0.25, 0.3) is 0 Å². The number of carbonyl (C=O) groups excluding carboxylic acids is 3. The fourth-order valence-corrected chi connectivity index (χ4v) is 2.63. The van der Waals surface area contributed by atoms with Crippen LogP contribution in [0.4, 0.5) is 4.79 Å². The molecule has 1 fully saturated rings. The SMILES string of the molecule is Cc1occc1OC(=O)N[C@@H](CCC(C)C)C(=O)N[C@@H]1C(=O)CO[C@H]1C. The molecule has 26 heavy (non-hydrogen) atoms. The van der Waals surface area contributed by atoms with Gasteiger partial charge < -0.3 is 24.5 Å². The second kappa shape index (κ2) is 8.84. The van der Waals surface area contributed by atoms with Gasteiger partial charge in [-0.25, -0.2) is 4.79 Å². The summed E-state index contributed by atoms with van der Waals surface area (Å²) in [4.78, 5) is 36.6. The van der Waals surface area contributed by atoms with Crippen LogP contribution >= 0.6 is 0 Å². The molecule has 2 heterocycles.